The minimum Gasteiger partial charge on any atom is -0.492 e. The Morgan fingerprint density at radius 3 is 3.12 bits per heavy atom. The van der Waals surface area contributed by atoms with Crippen molar-refractivity contribution in [1.82, 2.24) is 5.32 Å². The van der Waals surface area contributed by atoms with Gasteiger partial charge in [0, 0.05) is 19.2 Å². The van der Waals surface area contributed by atoms with Crippen LogP contribution in [-0.4, -0.2) is 32.4 Å². The van der Waals surface area contributed by atoms with E-state index < -0.39 is 0 Å². The topological polar surface area (TPSA) is 30.5 Å². The molecule has 0 radical (unpaired) electrons. The number of para-hydroxylation sites is 1. The van der Waals surface area contributed by atoms with Gasteiger partial charge in [-0.2, -0.15) is 0 Å². The Balaban J connectivity index is 1.92. The molecule has 2 rings (SSSR count). The Hall–Kier alpha value is -1.06. The molecular weight excluding hydrogens is 202 g/mol. The Bertz CT molecular complexity index is 340. The van der Waals surface area contributed by atoms with E-state index in [9.17, 15) is 0 Å². The number of nitrogens with one attached hydrogen (secondary N) is 1. The lowest BCUT2D eigenvalue weighted by Gasteiger charge is -2.28. The summed E-state index contributed by atoms with van der Waals surface area (Å²) in [5.41, 5.74) is 1.29. The van der Waals surface area contributed by atoms with Crippen LogP contribution in [-0.2, 0) is 11.2 Å². The minimum atomic E-state index is 0.365. The second-order valence-electron chi connectivity index (χ2n) is 4.34. The molecule has 0 bridgehead atoms. The highest BCUT2D eigenvalue weighted by Gasteiger charge is 2.20. The average Bonchev–Trinajstić information content (AvgIpc) is 2.29. The van der Waals surface area contributed by atoms with Gasteiger partial charge in [-0.15, -0.1) is 0 Å². The van der Waals surface area contributed by atoms with E-state index in [1.165, 1.54) is 5.56 Å². The molecule has 0 aromatic heterocycles. The summed E-state index contributed by atoms with van der Waals surface area (Å²) in [4.78, 5) is 0. The van der Waals surface area contributed by atoms with Crippen LogP contribution in [0.2, 0.25) is 0 Å². The molecule has 0 saturated heterocycles. The Kier molecular flexibility index (Phi) is 3.80. The van der Waals surface area contributed by atoms with Crippen LogP contribution in [0.4, 0.5) is 0 Å². The summed E-state index contributed by atoms with van der Waals surface area (Å²) in [6, 6.07) is 8.99. The molecule has 1 aromatic rings. The molecule has 0 aliphatic carbocycles. The molecule has 0 fully saturated rings. The fourth-order valence-corrected chi connectivity index (χ4v) is 2.14. The van der Waals surface area contributed by atoms with Crippen molar-refractivity contribution >= 4 is 0 Å². The number of fused-ring (bicyclic) bond motifs is 1. The standard InChI is InChI=1S/C13H19NO2/c1-10(8-15-2)14-12-7-11-5-3-4-6-13(11)16-9-12/h3-6,10,12,14H,7-9H2,1-2H3. The number of hydrogen-bond acceptors (Lipinski definition) is 3. The lowest BCUT2D eigenvalue weighted by molar-refractivity contribution is 0.153. The van der Waals surface area contributed by atoms with Crippen molar-refractivity contribution in [2.45, 2.75) is 25.4 Å². The van der Waals surface area contributed by atoms with Gasteiger partial charge in [0.25, 0.3) is 0 Å². The van der Waals surface area contributed by atoms with Gasteiger partial charge in [-0.25, -0.2) is 0 Å². The van der Waals surface area contributed by atoms with Crippen molar-refractivity contribution in [3.8, 4) is 5.75 Å². The highest BCUT2D eigenvalue weighted by Crippen LogP contribution is 2.23. The fraction of sp³-hybridized carbons (Fsp3) is 0.538. The molecule has 2 unspecified atom stereocenters. The monoisotopic (exact) mass is 221 g/mol. The third kappa shape index (κ3) is 2.74. The SMILES string of the molecule is COCC(C)NC1COc2ccccc2C1. The highest BCUT2D eigenvalue weighted by atomic mass is 16.5. The number of benzene rings is 1. The maximum absolute atomic E-state index is 5.71. The van der Waals surface area contributed by atoms with Gasteiger partial charge in [0.1, 0.15) is 12.4 Å². The van der Waals surface area contributed by atoms with Crippen LogP contribution in [0.3, 0.4) is 0 Å². The summed E-state index contributed by atoms with van der Waals surface area (Å²) >= 11 is 0. The summed E-state index contributed by atoms with van der Waals surface area (Å²) in [7, 11) is 1.73. The van der Waals surface area contributed by atoms with Crippen LogP contribution >= 0.6 is 0 Å². The zero-order chi connectivity index (χ0) is 11.4. The van der Waals surface area contributed by atoms with Crippen LogP contribution in [0.25, 0.3) is 0 Å². The van der Waals surface area contributed by atoms with Crippen LogP contribution in [0.1, 0.15) is 12.5 Å². The van der Waals surface area contributed by atoms with Gasteiger partial charge in [0.05, 0.1) is 6.61 Å². The normalized spacial score (nSPS) is 21.0. The van der Waals surface area contributed by atoms with Crippen LogP contribution in [0.15, 0.2) is 24.3 Å². The van der Waals surface area contributed by atoms with Crippen LogP contribution < -0.4 is 10.1 Å². The smallest absolute Gasteiger partial charge is 0.122 e. The first-order valence-corrected chi connectivity index (χ1v) is 5.75. The van der Waals surface area contributed by atoms with Crippen LogP contribution in [0, 0.1) is 0 Å². The van der Waals surface area contributed by atoms with E-state index in [1.807, 2.05) is 12.1 Å². The lowest BCUT2D eigenvalue weighted by Crippen LogP contribution is -2.45. The van der Waals surface area contributed by atoms with Gasteiger partial charge in [0.2, 0.25) is 0 Å². The van der Waals surface area contributed by atoms with E-state index in [1.54, 1.807) is 7.11 Å². The van der Waals surface area contributed by atoms with Crippen molar-refractivity contribution < 1.29 is 9.47 Å². The van der Waals surface area contributed by atoms with Gasteiger partial charge >= 0.3 is 0 Å². The van der Waals surface area contributed by atoms with Crippen molar-refractivity contribution in [2.24, 2.45) is 0 Å². The zero-order valence-electron chi connectivity index (χ0n) is 9.90. The number of rotatable bonds is 4. The van der Waals surface area contributed by atoms with Gasteiger partial charge in [0.15, 0.2) is 0 Å². The van der Waals surface area contributed by atoms with Gasteiger partial charge in [-0.05, 0) is 25.0 Å². The predicted molar refractivity (Wildman–Crippen MR) is 63.9 cm³/mol. The second-order valence-corrected chi connectivity index (χ2v) is 4.34. The summed E-state index contributed by atoms with van der Waals surface area (Å²) in [6.07, 6.45) is 1.03. The summed E-state index contributed by atoms with van der Waals surface area (Å²) in [5.74, 6) is 1.03. The first kappa shape index (κ1) is 11.4. The molecule has 1 aliphatic rings. The lowest BCUT2D eigenvalue weighted by atomic mass is 10.0. The summed E-state index contributed by atoms with van der Waals surface area (Å²) in [5, 5.41) is 3.51. The molecule has 16 heavy (non-hydrogen) atoms. The molecule has 1 aromatic carbocycles. The largest absolute Gasteiger partial charge is 0.492 e. The summed E-state index contributed by atoms with van der Waals surface area (Å²) < 4.78 is 10.8. The number of methoxy groups -OCH3 is 1. The van der Waals surface area contributed by atoms with E-state index in [2.05, 4.69) is 24.4 Å². The second kappa shape index (κ2) is 5.32. The quantitative estimate of drug-likeness (QED) is 0.838. The molecule has 1 N–H and O–H groups in total. The number of hydrogen-bond donors (Lipinski definition) is 1. The molecule has 3 nitrogen and oxygen atoms in total. The Morgan fingerprint density at radius 1 is 1.50 bits per heavy atom. The van der Waals surface area contributed by atoms with E-state index in [0.717, 1.165) is 25.4 Å². The third-order valence-electron chi connectivity index (χ3n) is 2.82. The maximum Gasteiger partial charge on any atom is 0.122 e. The fourth-order valence-electron chi connectivity index (χ4n) is 2.14. The van der Waals surface area contributed by atoms with E-state index >= 15 is 0 Å². The summed E-state index contributed by atoms with van der Waals surface area (Å²) in [6.45, 7) is 3.60. The third-order valence-corrected chi connectivity index (χ3v) is 2.82. The van der Waals surface area contributed by atoms with Crippen molar-refractivity contribution in [1.29, 1.82) is 0 Å². The molecule has 1 aliphatic heterocycles. The molecule has 3 heteroatoms. The van der Waals surface area contributed by atoms with Gasteiger partial charge < -0.3 is 14.8 Å². The van der Waals surface area contributed by atoms with Crippen LogP contribution in [0.5, 0.6) is 5.75 Å². The highest BCUT2D eigenvalue weighted by molar-refractivity contribution is 5.35. The molecule has 0 saturated carbocycles. The van der Waals surface area contributed by atoms with E-state index in [0.29, 0.717) is 12.1 Å². The molecule has 2 atom stereocenters. The molecule has 0 amide bonds. The van der Waals surface area contributed by atoms with Gasteiger partial charge in [-0.3, -0.25) is 0 Å². The number of ether oxygens (including phenoxy) is 2. The molecule has 0 spiro atoms. The predicted octanol–water partition coefficient (Wildman–Crippen LogP) is 1.61. The van der Waals surface area contributed by atoms with Gasteiger partial charge in [-0.1, -0.05) is 18.2 Å². The van der Waals surface area contributed by atoms with Crippen molar-refractivity contribution in [3.05, 3.63) is 29.8 Å². The molecule has 88 valence electrons. The maximum atomic E-state index is 5.71. The Morgan fingerprint density at radius 2 is 2.31 bits per heavy atom. The zero-order valence-corrected chi connectivity index (χ0v) is 9.90. The first-order chi connectivity index (χ1) is 7.79. The molecule has 1 heterocycles. The average molecular weight is 221 g/mol. The van der Waals surface area contributed by atoms with Crippen molar-refractivity contribution in [3.63, 3.8) is 0 Å². The van der Waals surface area contributed by atoms with Crippen molar-refractivity contribution in [2.75, 3.05) is 20.3 Å². The van der Waals surface area contributed by atoms with E-state index in [4.69, 9.17) is 9.47 Å². The van der Waals surface area contributed by atoms with E-state index in [-0.39, 0.29) is 0 Å². The molecular formula is C13H19NO2. The minimum absolute atomic E-state index is 0.365. The Labute approximate surface area is 96.8 Å². The first-order valence-electron chi connectivity index (χ1n) is 5.75.